The number of carbonyl (C=O) groups excluding carboxylic acids is 1. The number of hydrogen-bond donors (Lipinski definition) is 2. The maximum Gasteiger partial charge on any atom is 0.271 e. The topological polar surface area (TPSA) is 84.7 Å². The summed E-state index contributed by atoms with van der Waals surface area (Å²) in [6.07, 6.45) is 0.265. The minimum absolute atomic E-state index is 0.0660. The van der Waals surface area contributed by atoms with E-state index < -0.39 is 12.6 Å². The van der Waals surface area contributed by atoms with Crippen molar-refractivity contribution in [3.63, 3.8) is 0 Å². The van der Waals surface area contributed by atoms with Gasteiger partial charge in [-0.3, -0.25) is 9.18 Å². The lowest BCUT2D eigenvalue weighted by Gasteiger charge is -2.05. The highest BCUT2D eigenvalue weighted by Crippen LogP contribution is 2.24. The van der Waals surface area contributed by atoms with E-state index in [1.54, 1.807) is 24.3 Å². The van der Waals surface area contributed by atoms with Crippen molar-refractivity contribution in [3.8, 4) is 11.3 Å². The summed E-state index contributed by atoms with van der Waals surface area (Å²) in [4.78, 5) is 11.2. The number of carbonyl (C=O) groups is 1. The summed E-state index contributed by atoms with van der Waals surface area (Å²) in [5.41, 5.74) is 7.06. The maximum atomic E-state index is 12.4. The molecule has 0 aliphatic carbocycles. The number of alkyl halides is 1. The number of H-pyrrole nitrogens is 1. The summed E-state index contributed by atoms with van der Waals surface area (Å²) in [6, 6.07) is 7.14. The first-order valence-electron chi connectivity index (χ1n) is 5.09. The number of benzene rings is 1. The van der Waals surface area contributed by atoms with Gasteiger partial charge in [-0.1, -0.05) is 24.3 Å². The fourth-order valence-corrected chi connectivity index (χ4v) is 1.66. The summed E-state index contributed by atoms with van der Waals surface area (Å²) in [5.74, 6) is -0.663. The van der Waals surface area contributed by atoms with Crippen LogP contribution < -0.4 is 5.73 Å². The van der Waals surface area contributed by atoms with Crippen molar-refractivity contribution >= 4 is 5.91 Å². The Labute approximate surface area is 96.8 Å². The van der Waals surface area contributed by atoms with Crippen molar-refractivity contribution in [2.24, 2.45) is 5.73 Å². The van der Waals surface area contributed by atoms with Crippen molar-refractivity contribution in [1.82, 2.24) is 15.4 Å². The highest BCUT2D eigenvalue weighted by Gasteiger charge is 2.17. The number of nitrogens with one attached hydrogen (secondary N) is 1. The molecule has 3 N–H and O–H groups in total. The van der Waals surface area contributed by atoms with Crippen LogP contribution in [0.15, 0.2) is 24.3 Å². The molecule has 1 heterocycles. The van der Waals surface area contributed by atoms with Crippen LogP contribution in [0.5, 0.6) is 0 Å². The molecule has 0 aliphatic heterocycles. The van der Waals surface area contributed by atoms with Crippen LogP contribution in [0.25, 0.3) is 11.3 Å². The van der Waals surface area contributed by atoms with Gasteiger partial charge < -0.3 is 5.73 Å². The molecule has 0 unspecified atom stereocenters. The molecule has 0 atom stereocenters. The van der Waals surface area contributed by atoms with E-state index in [2.05, 4.69) is 15.4 Å². The molecule has 0 bridgehead atoms. The van der Waals surface area contributed by atoms with Crippen molar-refractivity contribution < 1.29 is 9.18 Å². The number of rotatable bonds is 4. The molecule has 5 nitrogen and oxygen atoms in total. The molecular formula is C11H11FN4O. The normalized spacial score (nSPS) is 10.4. The Morgan fingerprint density at radius 1 is 1.35 bits per heavy atom. The lowest BCUT2D eigenvalue weighted by Crippen LogP contribution is -2.13. The molecular weight excluding hydrogens is 223 g/mol. The summed E-state index contributed by atoms with van der Waals surface area (Å²) < 4.78 is 12.4. The second-order valence-electron chi connectivity index (χ2n) is 3.48. The van der Waals surface area contributed by atoms with Gasteiger partial charge in [-0.05, 0) is 5.56 Å². The Morgan fingerprint density at radius 3 is 2.82 bits per heavy atom. The second kappa shape index (κ2) is 4.73. The number of aromatic amines is 1. The standard InChI is InChI=1S/C11H11FN4O/c12-6-5-7-3-1-2-4-8(7)9-10(11(13)17)15-16-14-9/h1-4H,5-6H2,(H2,13,17)(H,14,15,16). The lowest BCUT2D eigenvalue weighted by atomic mass is 10.0. The molecule has 0 saturated carbocycles. The van der Waals surface area contributed by atoms with Crippen molar-refractivity contribution in [2.75, 3.05) is 6.67 Å². The number of aromatic nitrogens is 3. The first kappa shape index (κ1) is 11.3. The van der Waals surface area contributed by atoms with Crippen LogP contribution in [0.4, 0.5) is 4.39 Å². The van der Waals surface area contributed by atoms with Crippen LogP contribution in [0.3, 0.4) is 0 Å². The molecule has 0 radical (unpaired) electrons. The fourth-order valence-electron chi connectivity index (χ4n) is 1.66. The quantitative estimate of drug-likeness (QED) is 0.830. The number of nitrogens with zero attached hydrogens (tertiary/aromatic N) is 2. The zero-order chi connectivity index (χ0) is 12.3. The average molecular weight is 234 g/mol. The number of primary amides is 1. The smallest absolute Gasteiger partial charge is 0.271 e. The van der Waals surface area contributed by atoms with Crippen molar-refractivity contribution in [3.05, 3.63) is 35.5 Å². The minimum Gasteiger partial charge on any atom is -0.364 e. The van der Waals surface area contributed by atoms with Gasteiger partial charge in [0.05, 0.1) is 6.67 Å². The van der Waals surface area contributed by atoms with E-state index in [0.29, 0.717) is 11.3 Å². The van der Waals surface area contributed by atoms with Gasteiger partial charge in [0.15, 0.2) is 5.69 Å². The van der Waals surface area contributed by atoms with Gasteiger partial charge >= 0.3 is 0 Å². The van der Waals surface area contributed by atoms with Crippen LogP contribution in [0, 0.1) is 0 Å². The van der Waals surface area contributed by atoms with E-state index in [-0.39, 0.29) is 12.1 Å². The predicted molar refractivity (Wildman–Crippen MR) is 60.0 cm³/mol. The van der Waals surface area contributed by atoms with E-state index in [1.807, 2.05) is 0 Å². The van der Waals surface area contributed by atoms with Crippen LogP contribution in [0.2, 0.25) is 0 Å². The lowest BCUT2D eigenvalue weighted by molar-refractivity contribution is 0.0996. The van der Waals surface area contributed by atoms with Gasteiger partial charge in [0.1, 0.15) is 5.69 Å². The third-order valence-electron chi connectivity index (χ3n) is 2.42. The predicted octanol–water partition coefficient (Wildman–Crippen LogP) is 1.08. The monoisotopic (exact) mass is 234 g/mol. The molecule has 1 amide bonds. The minimum atomic E-state index is -0.663. The Morgan fingerprint density at radius 2 is 2.12 bits per heavy atom. The summed E-state index contributed by atoms with van der Waals surface area (Å²) >= 11 is 0. The van der Waals surface area contributed by atoms with Gasteiger partial charge in [-0.15, -0.1) is 0 Å². The van der Waals surface area contributed by atoms with Gasteiger partial charge in [0, 0.05) is 12.0 Å². The Bertz CT molecular complexity index is 538. The highest BCUT2D eigenvalue weighted by molar-refractivity contribution is 5.97. The zero-order valence-corrected chi connectivity index (χ0v) is 8.98. The summed E-state index contributed by atoms with van der Waals surface area (Å²) in [6.45, 7) is -0.471. The molecule has 0 spiro atoms. The van der Waals surface area contributed by atoms with Crippen LogP contribution in [-0.4, -0.2) is 28.0 Å². The van der Waals surface area contributed by atoms with Crippen molar-refractivity contribution in [2.45, 2.75) is 6.42 Å². The van der Waals surface area contributed by atoms with E-state index in [4.69, 9.17) is 5.73 Å². The average Bonchev–Trinajstić information content (AvgIpc) is 2.79. The van der Waals surface area contributed by atoms with E-state index in [0.717, 1.165) is 5.56 Å². The summed E-state index contributed by atoms with van der Waals surface area (Å²) in [7, 11) is 0. The number of hydrogen-bond acceptors (Lipinski definition) is 3. The van der Waals surface area contributed by atoms with Gasteiger partial charge in [0.2, 0.25) is 0 Å². The number of aryl methyl sites for hydroxylation is 1. The number of amides is 1. The third-order valence-corrected chi connectivity index (χ3v) is 2.42. The zero-order valence-electron chi connectivity index (χ0n) is 8.98. The first-order chi connectivity index (χ1) is 8.24. The fraction of sp³-hybridized carbons (Fsp3) is 0.182. The first-order valence-corrected chi connectivity index (χ1v) is 5.09. The van der Waals surface area contributed by atoms with E-state index in [1.165, 1.54) is 0 Å². The SMILES string of the molecule is NC(=O)c1n[nH]nc1-c1ccccc1CCF. The number of nitrogens with two attached hydrogens (primary N) is 1. The maximum absolute atomic E-state index is 12.4. The molecule has 2 aromatic rings. The van der Waals surface area contributed by atoms with E-state index >= 15 is 0 Å². The van der Waals surface area contributed by atoms with Gasteiger partial charge in [-0.2, -0.15) is 15.4 Å². The highest BCUT2D eigenvalue weighted by atomic mass is 19.1. The van der Waals surface area contributed by atoms with Crippen LogP contribution in [0.1, 0.15) is 16.1 Å². The molecule has 0 fully saturated rings. The molecule has 1 aromatic carbocycles. The Hall–Kier alpha value is -2.24. The van der Waals surface area contributed by atoms with Crippen LogP contribution >= 0.6 is 0 Å². The molecule has 0 aliphatic rings. The molecule has 17 heavy (non-hydrogen) atoms. The van der Waals surface area contributed by atoms with Gasteiger partial charge in [0.25, 0.3) is 5.91 Å². The summed E-state index contributed by atoms with van der Waals surface area (Å²) in [5, 5.41) is 9.93. The van der Waals surface area contributed by atoms with Gasteiger partial charge in [-0.25, -0.2) is 0 Å². The number of halogens is 1. The molecule has 6 heteroatoms. The Kier molecular flexibility index (Phi) is 3.13. The van der Waals surface area contributed by atoms with E-state index in [9.17, 15) is 9.18 Å². The second-order valence-corrected chi connectivity index (χ2v) is 3.48. The van der Waals surface area contributed by atoms with Crippen molar-refractivity contribution in [1.29, 1.82) is 0 Å². The molecule has 1 aromatic heterocycles. The molecule has 2 rings (SSSR count). The van der Waals surface area contributed by atoms with Crippen LogP contribution in [-0.2, 0) is 6.42 Å². The third kappa shape index (κ3) is 2.15. The molecule has 88 valence electrons. The largest absolute Gasteiger partial charge is 0.364 e. The molecule has 0 saturated heterocycles. The Balaban J connectivity index is 2.52.